The van der Waals surface area contributed by atoms with E-state index in [2.05, 4.69) is 5.32 Å². The van der Waals surface area contributed by atoms with Crippen molar-refractivity contribution in [3.8, 4) is 5.75 Å². The Morgan fingerprint density at radius 1 is 1.43 bits per heavy atom. The zero-order valence-electron chi connectivity index (χ0n) is 12.6. The average molecular weight is 297 g/mol. The van der Waals surface area contributed by atoms with Gasteiger partial charge in [0.2, 0.25) is 0 Å². The van der Waals surface area contributed by atoms with Crippen LogP contribution in [0.3, 0.4) is 0 Å². The molecule has 21 heavy (non-hydrogen) atoms. The fourth-order valence-electron chi connectivity index (χ4n) is 1.52. The summed E-state index contributed by atoms with van der Waals surface area (Å²) in [6.45, 7) is 7.21. The molecule has 116 valence electrons. The molecule has 0 unspecified atom stereocenters. The molecule has 0 radical (unpaired) electrons. The summed E-state index contributed by atoms with van der Waals surface area (Å²) in [6.07, 6.45) is -0.429. The van der Waals surface area contributed by atoms with Crippen LogP contribution in [0.4, 0.5) is 9.18 Å². The lowest BCUT2D eigenvalue weighted by Gasteiger charge is -2.21. The van der Waals surface area contributed by atoms with E-state index in [0.29, 0.717) is 6.29 Å². The van der Waals surface area contributed by atoms with Gasteiger partial charge in [0.05, 0.1) is 12.1 Å². The number of ether oxygens (including phenoxy) is 2. The van der Waals surface area contributed by atoms with Crippen LogP contribution < -0.4 is 10.1 Å². The van der Waals surface area contributed by atoms with Gasteiger partial charge in [0.1, 0.15) is 23.3 Å². The summed E-state index contributed by atoms with van der Waals surface area (Å²) in [5.41, 5.74) is -0.449. The molecule has 6 heteroatoms. The van der Waals surface area contributed by atoms with Gasteiger partial charge in [0.15, 0.2) is 6.29 Å². The molecule has 0 saturated carbocycles. The lowest BCUT2D eigenvalue weighted by molar-refractivity contribution is 0.0504. The molecule has 0 bridgehead atoms. The van der Waals surface area contributed by atoms with E-state index >= 15 is 0 Å². The molecule has 1 aromatic rings. The molecule has 0 aliphatic heterocycles. The Labute approximate surface area is 123 Å². The molecular formula is C15H20FNO4. The van der Waals surface area contributed by atoms with Gasteiger partial charge < -0.3 is 14.8 Å². The Balaban J connectivity index is 2.53. The zero-order valence-corrected chi connectivity index (χ0v) is 12.6. The van der Waals surface area contributed by atoms with Gasteiger partial charge in [-0.3, -0.25) is 4.79 Å². The first kappa shape index (κ1) is 16.9. The minimum absolute atomic E-state index is 0.124. The molecule has 0 aliphatic carbocycles. The third kappa shape index (κ3) is 6.25. The van der Waals surface area contributed by atoms with Gasteiger partial charge in [-0.15, -0.1) is 0 Å². The first-order chi connectivity index (χ1) is 9.71. The molecule has 0 heterocycles. The normalized spacial score (nSPS) is 12.4. The number of nitrogens with one attached hydrogen (secondary N) is 1. The standard InChI is InChI=1S/C15H20FNO4/c1-10(8-17-14(19)21-15(2,3)4)20-13-6-5-12(16)7-11(13)9-18/h5-7,9-10H,8H2,1-4H3,(H,17,19)/t10-/m0/s1. The van der Waals surface area contributed by atoms with E-state index in [9.17, 15) is 14.0 Å². The molecule has 1 atom stereocenters. The van der Waals surface area contributed by atoms with Crippen LogP contribution in [0, 0.1) is 5.82 Å². The summed E-state index contributed by atoms with van der Waals surface area (Å²) in [7, 11) is 0. The molecular weight excluding hydrogens is 277 g/mol. The minimum Gasteiger partial charge on any atom is -0.488 e. The Morgan fingerprint density at radius 3 is 2.67 bits per heavy atom. The smallest absolute Gasteiger partial charge is 0.407 e. The number of aldehydes is 1. The molecule has 0 spiro atoms. The predicted octanol–water partition coefficient (Wildman–Crippen LogP) is 2.93. The average Bonchev–Trinajstić information content (AvgIpc) is 2.36. The quantitative estimate of drug-likeness (QED) is 0.849. The molecule has 0 saturated heterocycles. The van der Waals surface area contributed by atoms with Crippen molar-refractivity contribution in [3.05, 3.63) is 29.6 Å². The number of hydrogen-bond acceptors (Lipinski definition) is 4. The number of hydrogen-bond donors (Lipinski definition) is 1. The summed E-state index contributed by atoms with van der Waals surface area (Å²) in [5, 5.41) is 2.56. The van der Waals surface area contributed by atoms with Gasteiger partial charge in [-0.05, 0) is 45.9 Å². The number of alkyl carbamates (subject to hydrolysis) is 1. The lowest BCUT2D eigenvalue weighted by atomic mass is 10.2. The zero-order chi connectivity index (χ0) is 16.0. The summed E-state index contributed by atoms with van der Waals surface area (Å²) in [6, 6.07) is 3.68. The maximum Gasteiger partial charge on any atom is 0.407 e. The monoisotopic (exact) mass is 297 g/mol. The van der Waals surface area contributed by atoms with Gasteiger partial charge >= 0.3 is 6.09 Å². The summed E-state index contributed by atoms with van der Waals surface area (Å²) >= 11 is 0. The lowest BCUT2D eigenvalue weighted by Crippen LogP contribution is -2.37. The molecule has 0 aliphatic rings. The van der Waals surface area contributed by atoms with Crippen LogP contribution in [-0.4, -0.2) is 30.6 Å². The van der Waals surface area contributed by atoms with Crippen LogP contribution in [-0.2, 0) is 4.74 Å². The van der Waals surface area contributed by atoms with Crippen molar-refractivity contribution in [3.63, 3.8) is 0 Å². The number of carbonyl (C=O) groups is 2. The Morgan fingerprint density at radius 2 is 2.10 bits per heavy atom. The second-order valence-electron chi connectivity index (χ2n) is 5.61. The number of rotatable bonds is 5. The Hall–Kier alpha value is -2.11. The van der Waals surface area contributed by atoms with Crippen molar-refractivity contribution in [1.82, 2.24) is 5.32 Å². The predicted molar refractivity (Wildman–Crippen MR) is 76.1 cm³/mol. The van der Waals surface area contributed by atoms with Crippen molar-refractivity contribution >= 4 is 12.4 Å². The highest BCUT2D eigenvalue weighted by molar-refractivity contribution is 5.79. The number of benzene rings is 1. The maximum atomic E-state index is 13.0. The highest BCUT2D eigenvalue weighted by Crippen LogP contribution is 2.19. The molecule has 1 amide bonds. The molecule has 0 fully saturated rings. The third-order valence-corrected chi connectivity index (χ3v) is 2.36. The number of carbonyl (C=O) groups excluding carboxylic acids is 2. The van der Waals surface area contributed by atoms with Crippen molar-refractivity contribution in [2.45, 2.75) is 39.4 Å². The summed E-state index contributed by atoms with van der Waals surface area (Å²) in [5.74, 6) is -0.242. The van der Waals surface area contributed by atoms with Gasteiger partial charge in [0.25, 0.3) is 0 Å². The topological polar surface area (TPSA) is 64.6 Å². The van der Waals surface area contributed by atoms with E-state index in [1.54, 1.807) is 27.7 Å². The highest BCUT2D eigenvalue weighted by atomic mass is 19.1. The van der Waals surface area contributed by atoms with Crippen LogP contribution >= 0.6 is 0 Å². The van der Waals surface area contributed by atoms with Crippen LogP contribution in [0.5, 0.6) is 5.75 Å². The van der Waals surface area contributed by atoms with Gasteiger partial charge in [0, 0.05) is 0 Å². The number of halogens is 1. The van der Waals surface area contributed by atoms with E-state index < -0.39 is 23.6 Å². The van der Waals surface area contributed by atoms with Crippen molar-refractivity contribution in [2.75, 3.05) is 6.54 Å². The Kier molecular flexibility index (Phi) is 5.69. The summed E-state index contributed by atoms with van der Waals surface area (Å²) < 4.78 is 23.6. The first-order valence-electron chi connectivity index (χ1n) is 6.59. The van der Waals surface area contributed by atoms with E-state index in [-0.39, 0.29) is 17.9 Å². The molecule has 0 aromatic heterocycles. The van der Waals surface area contributed by atoms with Crippen LogP contribution in [0.1, 0.15) is 38.1 Å². The fourth-order valence-corrected chi connectivity index (χ4v) is 1.52. The fraction of sp³-hybridized carbons (Fsp3) is 0.467. The summed E-state index contributed by atoms with van der Waals surface area (Å²) in [4.78, 5) is 22.3. The second kappa shape index (κ2) is 7.06. The van der Waals surface area contributed by atoms with Gasteiger partial charge in [-0.1, -0.05) is 0 Å². The van der Waals surface area contributed by atoms with E-state index in [4.69, 9.17) is 9.47 Å². The molecule has 1 N–H and O–H groups in total. The molecule has 1 aromatic carbocycles. The van der Waals surface area contributed by atoms with Crippen LogP contribution in [0.15, 0.2) is 18.2 Å². The van der Waals surface area contributed by atoms with Gasteiger partial charge in [-0.2, -0.15) is 0 Å². The van der Waals surface area contributed by atoms with Crippen molar-refractivity contribution in [2.24, 2.45) is 0 Å². The van der Waals surface area contributed by atoms with Crippen LogP contribution in [0.2, 0.25) is 0 Å². The second-order valence-corrected chi connectivity index (χ2v) is 5.61. The highest BCUT2D eigenvalue weighted by Gasteiger charge is 2.17. The first-order valence-corrected chi connectivity index (χ1v) is 6.59. The van der Waals surface area contributed by atoms with E-state index in [1.807, 2.05) is 0 Å². The SMILES string of the molecule is C[C@@H](CNC(=O)OC(C)(C)C)Oc1ccc(F)cc1C=O. The van der Waals surface area contributed by atoms with Gasteiger partial charge in [-0.25, -0.2) is 9.18 Å². The van der Waals surface area contributed by atoms with E-state index in [1.165, 1.54) is 12.1 Å². The number of amides is 1. The van der Waals surface area contributed by atoms with E-state index in [0.717, 1.165) is 6.07 Å². The largest absolute Gasteiger partial charge is 0.488 e. The van der Waals surface area contributed by atoms with Crippen LogP contribution in [0.25, 0.3) is 0 Å². The Bertz CT molecular complexity index is 511. The minimum atomic E-state index is -0.574. The van der Waals surface area contributed by atoms with Crippen molar-refractivity contribution < 1.29 is 23.5 Å². The van der Waals surface area contributed by atoms with Crippen molar-refractivity contribution in [1.29, 1.82) is 0 Å². The maximum absolute atomic E-state index is 13.0. The third-order valence-electron chi connectivity index (χ3n) is 2.36. The molecule has 1 rings (SSSR count). The molecule has 5 nitrogen and oxygen atoms in total.